The predicted octanol–water partition coefficient (Wildman–Crippen LogP) is -1.59. The molecule has 0 radical (unpaired) electrons. The molecule has 0 rings (SSSR count). The van der Waals surface area contributed by atoms with Crippen LogP contribution in [0.2, 0.25) is 0 Å². The number of hydrogen-bond acceptors (Lipinski definition) is 3. The first-order chi connectivity index (χ1) is 2.77. The summed E-state index contributed by atoms with van der Waals surface area (Å²) in [5.41, 5.74) is 0. The molecule has 0 aliphatic heterocycles. The molecule has 0 aromatic heterocycles. The van der Waals surface area contributed by atoms with Gasteiger partial charge in [0.2, 0.25) is 0 Å². The van der Waals surface area contributed by atoms with Gasteiger partial charge in [0.25, 0.3) is 0 Å². The van der Waals surface area contributed by atoms with Crippen LogP contribution in [0.4, 0.5) is 0 Å². The molecule has 0 fully saturated rings. The first-order valence-corrected chi connectivity index (χ1v) is 1.38. The van der Waals surface area contributed by atoms with Gasteiger partial charge in [0.1, 0.15) is 0 Å². The number of rotatable bonds is 1. The molecule has 0 bridgehead atoms. The van der Waals surface area contributed by atoms with Crippen molar-refractivity contribution in [1.82, 2.24) is 0 Å². The summed E-state index contributed by atoms with van der Waals surface area (Å²) < 4.78 is 3.72. The minimum absolute atomic E-state index is 0. The summed E-state index contributed by atoms with van der Waals surface area (Å²) in [5.74, 6) is -0.579. The Balaban J connectivity index is -0.000000125. The van der Waals surface area contributed by atoms with Crippen molar-refractivity contribution < 1.29 is 14.3 Å². The van der Waals surface area contributed by atoms with Gasteiger partial charge < -0.3 is 4.74 Å². The molecule has 0 atom stereocenters. The zero-order valence-corrected chi connectivity index (χ0v) is 3.30. The third-order valence-corrected chi connectivity index (χ3v) is 0.214. The molecule has 5 heteroatoms. The van der Waals surface area contributed by atoms with Gasteiger partial charge in [0, 0.05) is 6.92 Å². The van der Waals surface area contributed by atoms with E-state index in [-0.39, 0.29) is 54.9 Å². The van der Waals surface area contributed by atoms with Gasteiger partial charge in [-0.1, -0.05) is 0 Å². The van der Waals surface area contributed by atoms with E-state index in [0.29, 0.717) is 0 Å². The van der Waals surface area contributed by atoms with Crippen LogP contribution in [-0.2, 0) is 14.3 Å². The second-order valence-corrected chi connectivity index (χ2v) is 0.706. The van der Waals surface area contributed by atoms with Crippen molar-refractivity contribution in [1.29, 1.82) is 0 Å². The van der Waals surface area contributed by atoms with Crippen molar-refractivity contribution in [2.24, 2.45) is 0 Å². The van der Waals surface area contributed by atoms with Gasteiger partial charge in [-0.2, -0.15) is 0 Å². The Morgan fingerprint density at radius 1 is 1.62 bits per heavy atom. The summed E-state index contributed by atoms with van der Waals surface area (Å²) in [6, 6.07) is 0. The number of ether oxygens (including phenoxy) is 1. The number of hydrogen-bond donors (Lipinski definition) is 0. The maximum atomic E-state index is 9.59. The first kappa shape index (κ1) is 15.9. The summed E-state index contributed by atoms with van der Waals surface area (Å²) in [7, 11) is 0. The summed E-state index contributed by atoms with van der Waals surface area (Å²) in [5, 5.41) is 0. The molecule has 0 aromatic rings. The van der Waals surface area contributed by atoms with E-state index in [0.717, 1.165) is 6.92 Å². The fraction of sp³-hybridized carbons (Fsp3) is 0.333. The van der Waals surface area contributed by atoms with Crippen LogP contribution in [0.5, 0.6) is 0 Å². The Morgan fingerprint density at radius 2 is 2.00 bits per heavy atom. The molecule has 0 aliphatic rings. The molecule has 38 valence electrons. The summed E-state index contributed by atoms with van der Waals surface area (Å²) in [6.45, 7) is 1.26. The molecule has 0 amide bonds. The average molecular weight is 120 g/mol. The number of carbonyl (C=O) groups is 2. The zero-order valence-electron chi connectivity index (χ0n) is 3.30. The Hall–Kier alpha value is 0.737. The van der Waals surface area contributed by atoms with Crippen molar-refractivity contribution >= 4 is 60.9 Å². The summed E-state index contributed by atoms with van der Waals surface area (Å²) in [4.78, 5) is 18.8. The number of esters is 1. The van der Waals surface area contributed by atoms with Gasteiger partial charge in [-0.05, 0) is 0 Å². The molecule has 0 aromatic carbocycles. The second kappa shape index (κ2) is 10.7. The molecule has 0 N–H and O–H groups in total. The fourth-order valence-electron chi connectivity index (χ4n) is 0.0678. The third kappa shape index (κ3) is 15.9. The van der Waals surface area contributed by atoms with E-state index in [1.54, 1.807) is 0 Å². The monoisotopic (exact) mass is 120 g/mol. The minimum atomic E-state index is -0.579. The molecular formula is C3H6LiNaO3. The molecular weight excluding hydrogens is 114 g/mol. The van der Waals surface area contributed by atoms with E-state index in [2.05, 4.69) is 4.74 Å². The van der Waals surface area contributed by atoms with Crippen molar-refractivity contribution in [3.63, 3.8) is 0 Å². The summed E-state index contributed by atoms with van der Waals surface area (Å²) in [6.07, 6.45) is 0. The molecule has 8 heavy (non-hydrogen) atoms. The number of carbonyl (C=O) groups excluding carboxylic acids is 2. The van der Waals surface area contributed by atoms with Crippen molar-refractivity contribution in [3.05, 3.63) is 0 Å². The van der Waals surface area contributed by atoms with Crippen molar-refractivity contribution in [2.45, 2.75) is 6.92 Å². The second-order valence-electron chi connectivity index (χ2n) is 0.706. The molecule has 0 heterocycles. The molecule has 0 saturated carbocycles. The van der Waals surface area contributed by atoms with Gasteiger partial charge >= 0.3 is 60.9 Å². The van der Waals surface area contributed by atoms with E-state index in [9.17, 15) is 9.59 Å². The van der Waals surface area contributed by atoms with Crippen LogP contribution in [0.3, 0.4) is 0 Å². The fourth-order valence-corrected chi connectivity index (χ4v) is 0.0678. The Labute approximate surface area is 81.6 Å². The molecule has 0 unspecified atom stereocenters. The van der Waals surface area contributed by atoms with Crippen LogP contribution in [0.1, 0.15) is 6.92 Å². The van der Waals surface area contributed by atoms with Crippen molar-refractivity contribution in [3.8, 4) is 0 Å². The van der Waals surface area contributed by atoms with Crippen LogP contribution in [-0.4, -0.2) is 60.9 Å². The Morgan fingerprint density at radius 3 is 2.00 bits per heavy atom. The summed E-state index contributed by atoms with van der Waals surface area (Å²) >= 11 is 0. The van der Waals surface area contributed by atoms with E-state index < -0.39 is 5.97 Å². The Bertz CT molecular complexity index is 74.9. The van der Waals surface area contributed by atoms with E-state index in [1.807, 2.05) is 0 Å². The third-order valence-electron chi connectivity index (χ3n) is 0.214. The van der Waals surface area contributed by atoms with Gasteiger partial charge in [0.15, 0.2) is 0 Å². The Kier molecular flexibility index (Phi) is 21.2. The average Bonchev–Trinajstić information content (AvgIpc) is 1.35. The van der Waals surface area contributed by atoms with Gasteiger partial charge in [0.05, 0.1) is 0 Å². The normalized spacial score (nSPS) is 5.12. The SMILES string of the molecule is CC(=O)OC=O.[LiH].[NaH]. The van der Waals surface area contributed by atoms with Crippen LogP contribution in [0.15, 0.2) is 0 Å². The predicted molar refractivity (Wildman–Crippen MR) is 32.1 cm³/mol. The van der Waals surface area contributed by atoms with Crippen LogP contribution < -0.4 is 0 Å². The quantitative estimate of drug-likeness (QED) is 0.181. The van der Waals surface area contributed by atoms with E-state index in [4.69, 9.17) is 0 Å². The van der Waals surface area contributed by atoms with Crippen LogP contribution in [0.25, 0.3) is 0 Å². The molecule has 0 spiro atoms. The van der Waals surface area contributed by atoms with Crippen molar-refractivity contribution in [2.75, 3.05) is 0 Å². The molecule has 0 aliphatic carbocycles. The standard InChI is InChI=1S/C3H4O3.Li.Na.2H/c1-3(5)6-2-4;;;;/h2H,1H3;;;;. The van der Waals surface area contributed by atoms with Gasteiger partial charge in [-0.3, -0.25) is 9.59 Å². The maximum absolute atomic E-state index is 9.59. The zero-order chi connectivity index (χ0) is 4.99. The topological polar surface area (TPSA) is 43.4 Å². The molecule has 0 saturated heterocycles. The van der Waals surface area contributed by atoms with Crippen LogP contribution >= 0.6 is 0 Å². The first-order valence-electron chi connectivity index (χ1n) is 1.38. The van der Waals surface area contributed by atoms with Crippen LogP contribution in [0, 0.1) is 0 Å². The van der Waals surface area contributed by atoms with E-state index in [1.165, 1.54) is 0 Å². The van der Waals surface area contributed by atoms with Gasteiger partial charge in [-0.15, -0.1) is 0 Å². The molecule has 3 nitrogen and oxygen atoms in total. The van der Waals surface area contributed by atoms with Gasteiger partial charge in [-0.25, -0.2) is 0 Å². The van der Waals surface area contributed by atoms with E-state index >= 15 is 0 Å².